The summed E-state index contributed by atoms with van der Waals surface area (Å²) < 4.78 is 0. The van der Waals surface area contributed by atoms with Crippen LogP contribution in [-0.4, -0.2) is 22.2 Å². The lowest BCUT2D eigenvalue weighted by Gasteiger charge is -2.36. The van der Waals surface area contributed by atoms with Crippen molar-refractivity contribution in [2.75, 3.05) is 0 Å². The monoisotopic (exact) mass is 272 g/mol. The molecule has 4 heteroatoms. The minimum atomic E-state index is -0.947. The molecule has 0 aromatic carbocycles. The molecule has 0 amide bonds. The highest BCUT2D eigenvalue weighted by Gasteiger charge is 2.46. The Morgan fingerprint density at radius 3 is 1.53 bits per heavy atom. The number of rotatable bonds is 10. The van der Waals surface area contributed by atoms with Gasteiger partial charge in [0.05, 0.1) is 10.8 Å². The molecular weight excluding hydrogens is 244 g/mol. The van der Waals surface area contributed by atoms with E-state index in [9.17, 15) is 19.8 Å². The molecule has 112 valence electrons. The molecule has 0 spiro atoms. The van der Waals surface area contributed by atoms with E-state index in [1.165, 1.54) is 0 Å². The number of carbonyl (C=O) groups is 2. The average molecular weight is 272 g/mol. The van der Waals surface area contributed by atoms with Gasteiger partial charge in [-0.2, -0.15) is 0 Å². The summed E-state index contributed by atoms with van der Waals surface area (Å²) in [6, 6.07) is 0. The number of hydrogen-bond donors (Lipinski definition) is 2. The lowest BCUT2D eigenvalue weighted by molar-refractivity contribution is -0.159. The second-order valence-corrected chi connectivity index (χ2v) is 5.88. The third-order valence-corrected chi connectivity index (χ3v) is 3.96. The molecule has 0 bridgehead atoms. The number of carboxylic acid groups (broad SMARTS) is 2. The molecule has 0 rings (SSSR count). The lowest BCUT2D eigenvalue weighted by atomic mass is 9.66. The van der Waals surface area contributed by atoms with E-state index in [-0.39, 0.29) is 6.42 Å². The van der Waals surface area contributed by atoms with Crippen molar-refractivity contribution in [1.29, 1.82) is 0 Å². The van der Waals surface area contributed by atoms with Crippen molar-refractivity contribution in [3.8, 4) is 0 Å². The smallest absolute Gasteiger partial charge is 0.309 e. The van der Waals surface area contributed by atoms with E-state index in [0.29, 0.717) is 19.3 Å². The second-order valence-electron chi connectivity index (χ2n) is 5.88. The van der Waals surface area contributed by atoms with Crippen molar-refractivity contribution in [3.05, 3.63) is 0 Å². The molecule has 19 heavy (non-hydrogen) atoms. The van der Waals surface area contributed by atoms with Gasteiger partial charge in [-0.3, -0.25) is 9.59 Å². The van der Waals surface area contributed by atoms with Crippen molar-refractivity contribution < 1.29 is 19.8 Å². The molecule has 0 aromatic rings. The summed E-state index contributed by atoms with van der Waals surface area (Å²) in [7, 11) is 0. The van der Waals surface area contributed by atoms with Gasteiger partial charge >= 0.3 is 11.9 Å². The van der Waals surface area contributed by atoms with Gasteiger partial charge < -0.3 is 10.2 Å². The molecule has 0 saturated carbocycles. The Labute approximate surface area is 116 Å². The molecule has 4 nitrogen and oxygen atoms in total. The zero-order valence-corrected chi connectivity index (χ0v) is 12.7. The molecule has 0 fully saturated rings. The Morgan fingerprint density at radius 1 is 0.842 bits per heavy atom. The van der Waals surface area contributed by atoms with Crippen LogP contribution in [0, 0.1) is 10.8 Å². The van der Waals surface area contributed by atoms with Crippen molar-refractivity contribution in [2.45, 2.75) is 72.6 Å². The minimum Gasteiger partial charge on any atom is -0.481 e. The van der Waals surface area contributed by atoms with Crippen LogP contribution in [0.3, 0.4) is 0 Å². The fourth-order valence-electron chi connectivity index (χ4n) is 3.12. The Balaban J connectivity index is 5.36. The average Bonchev–Trinajstić information content (AvgIpc) is 2.29. The standard InChI is InChI=1S/C15H28O4/c1-5-8-14(4,12(16)17)11-15(9-6-2,10-7-3)13(18)19/h5-11H2,1-4H3,(H,16,17)(H,18,19). The van der Waals surface area contributed by atoms with Gasteiger partial charge in [-0.1, -0.05) is 40.0 Å². The van der Waals surface area contributed by atoms with Gasteiger partial charge in [0.1, 0.15) is 0 Å². The molecule has 0 aliphatic carbocycles. The Morgan fingerprint density at radius 2 is 1.26 bits per heavy atom. The Hall–Kier alpha value is -1.06. The fourth-order valence-corrected chi connectivity index (χ4v) is 3.12. The highest BCUT2D eigenvalue weighted by atomic mass is 16.4. The largest absolute Gasteiger partial charge is 0.481 e. The highest BCUT2D eigenvalue weighted by Crippen LogP contribution is 2.44. The molecule has 0 aliphatic heterocycles. The van der Waals surface area contributed by atoms with Crippen LogP contribution in [-0.2, 0) is 9.59 Å². The van der Waals surface area contributed by atoms with Gasteiger partial charge in [-0.15, -0.1) is 0 Å². The van der Waals surface area contributed by atoms with Gasteiger partial charge in [0.15, 0.2) is 0 Å². The summed E-state index contributed by atoms with van der Waals surface area (Å²) >= 11 is 0. The summed E-state index contributed by atoms with van der Waals surface area (Å²) in [5.41, 5.74) is -1.84. The van der Waals surface area contributed by atoms with Crippen LogP contribution in [0.25, 0.3) is 0 Å². The van der Waals surface area contributed by atoms with E-state index in [1.807, 2.05) is 20.8 Å². The van der Waals surface area contributed by atoms with Crippen molar-refractivity contribution in [3.63, 3.8) is 0 Å². The van der Waals surface area contributed by atoms with E-state index in [4.69, 9.17) is 0 Å². The third kappa shape index (κ3) is 4.51. The number of aliphatic carboxylic acids is 2. The van der Waals surface area contributed by atoms with Crippen LogP contribution in [0.4, 0.5) is 0 Å². The number of hydrogen-bond acceptors (Lipinski definition) is 2. The summed E-state index contributed by atoms with van der Waals surface area (Å²) in [6.07, 6.45) is 4.09. The van der Waals surface area contributed by atoms with Gasteiger partial charge in [-0.25, -0.2) is 0 Å². The molecule has 0 aliphatic rings. The fraction of sp³-hybridized carbons (Fsp3) is 0.867. The molecule has 2 N–H and O–H groups in total. The van der Waals surface area contributed by atoms with E-state index < -0.39 is 22.8 Å². The van der Waals surface area contributed by atoms with Crippen LogP contribution >= 0.6 is 0 Å². The van der Waals surface area contributed by atoms with Crippen molar-refractivity contribution in [1.82, 2.24) is 0 Å². The molecule has 1 unspecified atom stereocenters. The predicted octanol–water partition coefficient (Wildman–Crippen LogP) is 3.94. The first-order valence-corrected chi connectivity index (χ1v) is 7.24. The summed E-state index contributed by atoms with van der Waals surface area (Å²) in [6.45, 7) is 7.52. The topological polar surface area (TPSA) is 74.6 Å². The third-order valence-electron chi connectivity index (χ3n) is 3.96. The van der Waals surface area contributed by atoms with E-state index >= 15 is 0 Å². The van der Waals surface area contributed by atoms with Crippen LogP contribution in [0.1, 0.15) is 72.6 Å². The first kappa shape index (κ1) is 17.9. The Kier molecular flexibility index (Phi) is 7.09. The maximum absolute atomic E-state index is 11.7. The maximum atomic E-state index is 11.7. The molecule has 0 heterocycles. The highest BCUT2D eigenvalue weighted by molar-refractivity contribution is 5.78. The van der Waals surface area contributed by atoms with Crippen molar-refractivity contribution >= 4 is 11.9 Å². The lowest BCUT2D eigenvalue weighted by Crippen LogP contribution is -2.40. The molecule has 1 atom stereocenters. The van der Waals surface area contributed by atoms with E-state index in [2.05, 4.69) is 0 Å². The summed E-state index contributed by atoms with van der Waals surface area (Å²) in [4.78, 5) is 23.2. The SMILES string of the molecule is CCCC(C)(CC(CCC)(CCC)C(=O)O)C(=O)O. The molecule has 0 aromatic heterocycles. The maximum Gasteiger partial charge on any atom is 0.309 e. The van der Waals surface area contributed by atoms with Gasteiger partial charge in [0.25, 0.3) is 0 Å². The second kappa shape index (κ2) is 7.51. The normalized spacial score (nSPS) is 14.9. The van der Waals surface area contributed by atoms with Gasteiger partial charge in [0, 0.05) is 0 Å². The summed E-state index contributed by atoms with van der Waals surface area (Å²) in [5, 5.41) is 19.1. The molecule has 0 saturated heterocycles. The van der Waals surface area contributed by atoms with Crippen LogP contribution in [0.5, 0.6) is 0 Å². The van der Waals surface area contributed by atoms with Gasteiger partial charge in [-0.05, 0) is 32.6 Å². The molecule has 0 radical (unpaired) electrons. The first-order chi connectivity index (χ1) is 8.78. The van der Waals surface area contributed by atoms with E-state index in [0.717, 1.165) is 19.3 Å². The summed E-state index contributed by atoms with van der Waals surface area (Å²) in [5.74, 6) is -1.73. The van der Waals surface area contributed by atoms with Crippen LogP contribution in [0.2, 0.25) is 0 Å². The Bertz CT molecular complexity index is 305. The molecular formula is C15H28O4. The first-order valence-electron chi connectivity index (χ1n) is 7.24. The van der Waals surface area contributed by atoms with Crippen LogP contribution < -0.4 is 0 Å². The number of carboxylic acids is 2. The minimum absolute atomic E-state index is 0.222. The van der Waals surface area contributed by atoms with E-state index in [1.54, 1.807) is 6.92 Å². The predicted molar refractivity (Wildman–Crippen MR) is 75.2 cm³/mol. The zero-order chi connectivity index (χ0) is 15.1. The van der Waals surface area contributed by atoms with Gasteiger partial charge in [0.2, 0.25) is 0 Å². The quantitative estimate of drug-likeness (QED) is 0.631. The van der Waals surface area contributed by atoms with Crippen LogP contribution in [0.15, 0.2) is 0 Å². The zero-order valence-electron chi connectivity index (χ0n) is 12.7. The van der Waals surface area contributed by atoms with Crippen molar-refractivity contribution in [2.24, 2.45) is 10.8 Å².